The van der Waals surface area contributed by atoms with E-state index in [9.17, 15) is 33.0 Å². The molecule has 1 saturated heterocycles. The first kappa shape index (κ1) is 15.7. The summed E-state index contributed by atoms with van der Waals surface area (Å²) in [4.78, 5) is 24.0. The number of rotatable bonds is 3. The lowest BCUT2D eigenvalue weighted by atomic mass is 9.96. The van der Waals surface area contributed by atoms with E-state index in [-0.39, 0.29) is 0 Å². The number of hydrogen-bond donors (Lipinski definition) is 4. The van der Waals surface area contributed by atoms with E-state index in [1.165, 1.54) is 0 Å². The largest absolute Gasteiger partial charge is 0.393 e. The average molecular weight is 312 g/mol. The van der Waals surface area contributed by atoms with E-state index in [2.05, 4.69) is 0 Å². The maximum absolute atomic E-state index is 13.2. The van der Waals surface area contributed by atoms with Gasteiger partial charge in [0.05, 0.1) is 12.8 Å². The number of ether oxygens (including phenoxy) is 1. The predicted octanol–water partition coefficient (Wildman–Crippen LogP) is -2.08. The molecule has 1 aromatic heterocycles. The molecule has 2 heterocycles. The minimum absolute atomic E-state index is 0.310. The van der Waals surface area contributed by atoms with Crippen molar-refractivity contribution in [3.8, 4) is 0 Å². The summed E-state index contributed by atoms with van der Waals surface area (Å²) in [5.74, 6) is -1.42. The lowest BCUT2D eigenvalue weighted by Crippen LogP contribution is -2.52. The smallest absolute Gasteiger partial charge is 0.330 e. The number of aliphatic hydroxyl groups excluding tert-OH is 3. The van der Waals surface area contributed by atoms with Gasteiger partial charge in [-0.25, -0.2) is 13.6 Å². The quantitative estimate of drug-likeness (QED) is 0.508. The lowest BCUT2D eigenvalue weighted by Gasteiger charge is -2.28. The van der Waals surface area contributed by atoms with E-state index < -0.39 is 54.1 Å². The summed E-state index contributed by atoms with van der Waals surface area (Å²) in [7, 11) is 0. The highest BCUT2D eigenvalue weighted by atomic mass is 19.3. The Balaban J connectivity index is 2.50. The Bertz CT molecular complexity index is 646. The molecule has 11 heteroatoms. The maximum Gasteiger partial charge on any atom is 0.330 e. The van der Waals surface area contributed by atoms with E-state index in [0.29, 0.717) is 10.8 Å². The molecule has 0 aromatic carbocycles. The van der Waals surface area contributed by atoms with Gasteiger partial charge in [-0.3, -0.25) is 14.3 Å². The summed E-state index contributed by atoms with van der Waals surface area (Å²) >= 11 is 0. The van der Waals surface area contributed by atoms with Crippen molar-refractivity contribution in [3.63, 3.8) is 0 Å². The maximum atomic E-state index is 13.2. The third-order valence-electron chi connectivity index (χ3n) is 3.27. The molecule has 21 heavy (non-hydrogen) atoms. The average Bonchev–Trinajstić information content (AvgIpc) is 2.68. The van der Waals surface area contributed by atoms with Crippen LogP contribution < -0.4 is 11.2 Å². The Hall–Kier alpha value is -1.69. The number of nitrogens with one attached hydrogen (secondary N) is 1. The van der Waals surface area contributed by atoms with Crippen molar-refractivity contribution < 1.29 is 33.2 Å². The van der Waals surface area contributed by atoms with Crippen LogP contribution in [0.5, 0.6) is 0 Å². The molecule has 0 radical (unpaired) electrons. The number of H-pyrrole nitrogens is 1. The molecule has 0 bridgehead atoms. The zero-order valence-electron chi connectivity index (χ0n) is 10.2. The third kappa shape index (κ3) is 2.27. The molecule has 1 aromatic rings. The van der Waals surface area contributed by atoms with Crippen molar-refractivity contribution in [2.24, 2.45) is 0 Å². The van der Waals surface area contributed by atoms with Crippen LogP contribution in [0.15, 0.2) is 15.8 Å². The lowest BCUT2D eigenvalue weighted by molar-refractivity contribution is -0.196. The number of aliphatic hydroxyl groups is 3. The number of aromatic nitrogens is 2. The minimum atomic E-state index is -3.39. The van der Waals surface area contributed by atoms with E-state index in [1.54, 1.807) is 4.98 Å². The Morgan fingerprint density at radius 1 is 1.43 bits per heavy atom. The van der Waals surface area contributed by atoms with Crippen LogP contribution in [0.4, 0.5) is 13.2 Å². The van der Waals surface area contributed by atoms with Gasteiger partial charge in [-0.15, -0.1) is 0 Å². The molecular weight excluding hydrogens is 301 g/mol. The van der Waals surface area contributed by atoms with Crippen LogP contribution in [0, 0.1) is 5.82 Å². The standard InChI is InChI=1S/C10H11F3N2O6/c11-3-1-15(9(20)14-6(3)19)7-4(17)5(18)10(2-16,21-7)8(12)13/h1,4-5,7-8,16-18H,2H2,(H,14,19,20)/t4-,5-,7-,10-/m1/s1. The molecular formula is C10H11F3N2O6. The van der Waals surface area contributed by atoms with E-state index in [1.807, 2.05) is 0 Å². The first-order valence-electron chi connectivity index (χ1n) is 5.68. The molecule has 4 N–H and O–H groups in total. The Kier molecular flexibility index (Phi) is 3.93. The summed E-state index contributed by atoms with van der Waals surface area (Å²) in [5, 5.41) is 28.4. The fourth-order valence-corrected chi connectivity index (χ4v) is 2.06. The molecule has 4 atom stereocenters. The zero-order valence-corrected chi connectivity index (χ0v) is 10.2. The van der Waals surface area contributed by atoms with Crippen molar-refractivity contribution in [3.05, 3.63) is 32.9 Å². The Labute approximate surface area is 114 Å². The zero-order chi connectivity index (χ0) is 15.9. The molecule has 0 unspecified atom stereocenters. The van der Waals surface area contributed by atoms with Gasteiger partial charge in [-0.2, -0.15) is 4.39 Å². The van der Waals surface area contributed by atoms with Crippen LogP contribution in [0.1, 0.15) is 6.23 Å². The SMILES string of the molecule is O=c1[nH]c(=O)n([C@@H]2O[C@@](CO)(C(F)F)[C@H](O)[C@H]2O)cc1F. The summed E-state index contributed by atoms with van der Waals surface area (Å²) in [6, 6.07) is 0. The second kappa shape index (κ2) is 5.26. The molecule has 0 aliphatic carbocycles. The molecule has 2 rings (SSSR count). The van der Waals surface area contributed by atoms with Gasteiger partial charge in [0.1, 0.15) is 12.2 Å². The first-order chi connectivity index (χ1) is 9.74. The first-order valence-corrected chi connectivity index (χ1v) is 5.68. The van der Waals surface area contributed by atoms with Gasteiger partial charge in [0.2, 0.25) is 5.82 Å². The highest BCUT2D eigenvalue weighted by Gasteiger charge is 2.60. The van der Waals surface area contributed by atoms with Gasteiger partial charge in [0.15, 0.2) is 11.8 Å². The molecule has 0 saturated carbocycles. The van der Waals surface area contributed by atoms with Crippen LogP contribution in [0.25, 0.3) is 0 Å². The normalized spacial score (nSPS) is 32.8. The molecule has 1 fully saturated rings. The van der Waals surface area contributed by atoms with Gasteiger partial charge in [0.25, 0.3) is 12.0 Å². The Morgan fingerprint density at radius 3 is 2.52 bits per heavy atom. The monoisotopic (exact) mass is 312 g/mol. The summed E-state index contributed by atoms with van der Waals surface area (Å²) in [6.45, 7) is -1.35. The van der Waals surface area contributed by atoms with Crippen LogP contribution in [-0.2, 0) is 4.74 Å². The molecule has 8 nitrogen and oxygen atoms in total. The minimum Gasteiger partial charge on any atom is -0.393 e. The molecule has 0 spiro atoms. The predicted molar refractivity (Wildman–Crippen MR) is 59.2 cm³/mol. The fourth-order valence-electron chi connectivity index (χ4n) is 2.06. The van der Waals surface area contributed by atoms with Crippen molar-refractivity contribution in [1.29, 1.82) is 0 Å². The van der Waals surface area contributed by atoms with Gasteiger partial charge in [-0.1, -0.05) is 0 Å². The third-order valence-corrected chi connectivity index (χ3v) is 3.27. The summed E-state index contributed by atoms with van der Waals surface area (Å²) in [6.07, 6.45) is -9.22. The van der Waals surface area contributed by atoms with Gasteiger partial charge >= 0.3 is 5.69 Å². The van der Waals surface area contributed by atoms with Crippen LogP contribution >= 0.6 is 0 Å². The van der Waals surface area contributed by atoms with E-state index in [0.717, 1.165) is 0 Å². The van der Waals surface area contributed by atoms with Crippen LogP contribution in [0.2, 0.25) is 0 Å². The fraction of sp³-hybridized carbons (Fsp3) is 0.600. The summed E-state index contributed by atoms with van der Waals surface area (Å²) in [5.41, 5.74) is -5.40. The second-order valence-corrected chi connectivity index (χ2v) is 4.50. The van der Waals surface area contributed by atoms with E-state index in [4.69, 9.17) is 9.84 Å². The van der Waals surface area contributed by atoms with Gasteiger partial charge in [-0.05, 0) is 0 Å². The van der Waals surface area contributed by atoms with Crippen LogP contribution in [0.3, 0.4) is 0 Å². The van der Waals surface area contributed by atoms with E-state index >= 15 is 0 Å². The number of aromatic amines is 1. The van der Waals surface area contributed by atoms with Gasteiger partial charge in [0, 0.05) is 0 Å². The van der Waals surface area contributed by atoms with Crippen molar-refractivity contribution >= 4 is 0 Å². The highest BCUT2D eigenvalue weighted by molar-refractivity contribution is 5.04. The highest BCUT2D eigenvalue weighted by Crippen LogP contribution is 2.40. The van der Waals surface area contributed by atoms with Crippen molar-refractivity contribution in [2.75, 3.05) is 6.61 Å². The van der Waals surface area contributed by atoms with Crippen LogP contribution in [-0.4, -0.2) is 55.7 Å². The van der Waals surface area contributed by atoms with Crippen molar-refractivity contribution in [1.82, 2.24) is 9.55 Å². The number of alkyl halides is 2. The second-order valence-electron chi connectivity index (χ2n) is 4.50. The van der Waals surface area contributed by atoms with Crippen molar-refractivity contribution in [2.45, 2.75) is 30.5 Å². The molecule has 1 aliphatic rings. The number of hydrogen-bond acceptors (Lipinski definition) is 6. The molecule has 1 aliphatic heterocycles. The molecule has 118 valence electrons. The van der Waals surface area contributed by atoms with Gasteiger partial charge < -0.3 is 20.1 Å². The number of halogens is 3. The molecule has 0 amide bonds. The topological polar surface area (TPSA) is 125 Å². The summed E-state index contributed by atoms with van der Waals surface area (Å²) < 4.78 is 44.2. The Morgan fingerprint density at radius 2 is 2.05 bits per heavy atom. The number of nitrogens with zero attached hydrogens (tertiary/aromatic N) is 1.